The number of carbonyl (C=O) groups is 1. The van der Waals surface area contributed by atoms with Gasteiger partial charge in [-0.15, -0.1) is 6.58 Å². The third-order valence-electron chi connectivity index (χ3n) is 6.72. The standard InChI is InChI=1S/C30H35N3O5/c1-5-12-23-17-21(18-26(36-4)27(23)38-20(3)30(35)37-6-2)19-31-33-28(22-13-8-7-9-14-22)32-25-16-11-10-15-24(25)29(33)34/h5,10-11,15-20,22H,1,6-9,12-14H2,2-4H3/t20-/m1/s1. The molecule has 0 amide bonds. The summed E-state index contributed by atoms with van der Waals surface area (Å²) in [4.78, 5) is 30.5. The molecule has 38 heavy (non-hydrogen) atoms. The van der Waals surface area contributed by atoms with Gasteiger partial charge in [-0.1, -0.05) is 37.5 Å². The summed E-state index contributed by atoms with van der Waals surface area (Å²) in [7, 11) is 1.54. The molecule has 8 heteroatoms. The van der Waals surface area contributed by atoms with E-state index < -0.39 is 12.1 Å². The Bertz CT molecular complexity index is 1390. The summed E-state index contributed by atoms with van der Waals surface area (Å²) in [5.74, 6) is 1.31. The van der Waals surface area contributed by atoms with Crippen LogP contribution in [0.4, 0.5) is 0 Å². The molecule has 2 aromatic carbocycles. The highest BCUT2D eigenvalue weighted by Crippen LogP contribution is 2.35. The number of carbonyl (C=O) groups excluding carboxylic acids is 1. The van der Waals surface area contributed by atoms with Gasteiger partial charge in [0.1, 0.15) is 5.82 Å². The Morgan fingerprint density at radius 2 is 2.00 bits per heavy atom. The first-order chi connectivity index (χ1) is 18.5. The Morgan fingerprint density at radius 1 is 1.24 bits per heavy atom. The number of benzene rings is 2. The molecular formula is C30H35N3O5. The highest BCUT2D eigenvalue weighted by Gasteiger charge is 2.23. The number of nitrogens with zero attached hydrogens (tertiary/aromatic N) is 3. The smallest absolute Gasteiger partial charge is 0.347 e. The fourth-order valence-corrected chi connectivity index (χ4v) is 4.84. The first-order valence-corrected chi connectivity index (χ1v) is 13.2. The molecule has 0 bridgehead atoms. The summed E-state index contributed by atoms with van der Waals surface area (Å²) in [5, 5.41) is 5.17. The lowest BCUT2D eigenvalue weighted by Gasteiger charge is -2.22. The van der Waals surface area contributed by atoms with Gasteiger partial charge in [0.05, 0.1) is 30.8 Å². The van der Waals surface area contributed by atoms with Gasteiger partial charge in [-0.25, -0.2) is 9.78 Å². The molecule has 0 saturated heterocycles. The zero-order valence-corrected chi connectivity index (χ0v) is 22.3. The van der Waals surface area contributed by atoms with Crippen LogP contribution in [-0.4, -0.2) is 41.7 Å². The van der Waals surface area contributed by atoms with E-state index in [0.29, 0.717) is 40.2 Å². The van der Waals surface area contributed by atoms with E-state index in [1.807, 2.05) is 24.3 Å². The molecule has 4 rings (SSSR count). The second-order valence-electron chi connectivity index (χ2n) is 9.40. The summed E-state index contributed by atoms with van der Waals surface area (Å²) >= 11 is 0. The van der Waals surface area contributed by atoms with Crippen LogP contribution in [0, 0.1) is 0 Å². The van der Waals surface area contributed by atoms with Crippen molar-refractivity contribution in [3.63, 3.8) is 0 Å². The van der Waals surface area contributed by atoms with E-state index in [9.17, 15) is 9.59 Å². The Labute approximate surface area is 222 Å². The van der Waals surface area contributed by atoms with Crippen molar-refractivity contribution in [2.45, 2.75) is 64.4 Å². The van der Waals surface area contributed by atoms with Crippen LogP contribution in [0.15, 0.2) is 58.9 Å². The zero-order valence-electron chi connectivity index (χ0n) is 22.3. The van der Waals surface area contributed by atoms with Gasteiger partial charge in [0.2, 0.25) is 0 Å². The number of esters is 1. The lowest BCUT2D eigenvalue weighted by atomic mass is 9.88. The van der Waals surface area contributed by atoms with Crippen LogP contribution in [0.3, 0.4) is 0 Å². The summed E-state index contributed by atoms with van der Waals surface area (Å²) in [6.07, 6.45) is 8.46. The molecule has 0 spiro atoms. The van der Waals surface area contributed by atoms with E-state index >= 15 is 0 Å². The van der Waals surface area contributed by atoms with Gasteiger partial charge < -0.3 is 14.2 Å². The largest absolute Gasteiger partial charge is 0.493 e. The number of fused-ring (bicyclic) bond motifs is 1. The number of allylic oxidation sites excluding steroid dienone is 1. The number of hydrogen-bond acceptors (Lipinski definition) is 7. The molecule has 0 radical (unpaired) electrons. The maximum Gasteiger partial charge on any atom is 0.347 e. The van der Waals surface area contributed by atoms with Gasteiger partial charge >= 0.3 is 5.97 Å². The van der Waals surface area contributed by atoms with Crippen LogP contribution in [-0.2, 0) is 16.0 Å². The zero-order chi connectivity index (χ0) is 27.1. The molecule has 200 valence electrons. The van der Waals surface area contributed by atoms with Crippen LogP contribution in [0.25, 0.3) is 10.9 Å². The number of ether oxygens (including phenoxy) is 3. The minimum atomic E-state index is -0.813. The lowest BCUT2D eigenvalue weighted by Crippen LogP contribution is -2.26. The van der Waals surface area contributed by atoms with E-state index in [0.717, 1.165) is 31.2 Å². The van der Waals surface area contributed by atoms with Gasteiger partial charge in [0.25, 0.3) is 5.56 Å². The predicted molar refractivity (Wildman–Crippen MR) is 148 cm³/mol. The minimum Gasteiger partial charge on any atom is -0.493 e. The van der Waals surface area contributed by atoms with E-state index in [-0.39, 0.29) is 18.1 Å². The first kappa shape index (κ1) is 27.1. The molecule has 3 aromatic rings. The van der Waals surface area contributed by atoms with Crippen LogP contribution in [0.5, 0.6) is 11.5 Å². The first-order valence-electron chi connectivity index (χ1n) is 13.2. The molecule has 0 N–H and O–H groups in total. The average molecular weight is 518 g/mol. The van der Waals surface area contributed by atoms with Crippen LogP contribution in [0.1, 0.15) is 68.8 Å². The molecule has 1 heterocycles. The van der Waals surface area contributed by atoms with Crippen molar-refractivity contribution in [2.75, 3.05) is 13.7 Å². The molecule has 1 aromatic heterocycles. The average Bonchev–Trinajstić information content (AvgIpc) is 2.94. The van der Waals surface area contributed by atoms with Gasteiger partial charge in [-0.3, -0.25) is 4.79 Å². The SMILES string of the molecule is C=CCc1cc(C=Nn2c(C3CCCCC3)nc3ccccc3c2=O)cc(OC)c1O[C@H](C)C(=O)OCC. The summed E-state index contributed by atoms with van der Waals surface area (Å²) in [5.41, 5.74) is 1.99. The maximum atomic E-state index is 13.5. The van der Waals surface area contributed by atoms with Gasteiger partial charge in [0.15, 0.2) is 17.6 Å². The monoisotopic (exact) mass is 517 g/mol. The van der Waals surface area contributed by atoms with Crippen molar-refractivity contribution in [1.29, 1.82) is 0 Å². The minimum absolute atomic E-state index is 0.184. The summed E-state index contributed by atoms with van der Waals surface area (Å²) < 4.78 is 18.1. The van der Waals surface area contributed by atoms with Gasteiger partial charge in [-0.05, 0) is 62.9 Å². The second kappa shape index (κ2) is 12.5. The highest BCUT2D eigenvalue weighted by molar-refractivity contribution is 5.82. The number of aromatic nitrogens is 2. The van der Waals surface area contributed by atoms with Gasteiger partial charge in [-0.2, -0.15) is 9.78 Å². The predicted octanol–water partition coefficient (Wildman–Crippen LogP) is 5.39. The molecule has 0 aliphatic heterocycles. The highest BCUT2D eigenvalue weighted by atomic mass is 16.6. The fraction of sp³-hybridized carbons (Fsp3) is 0.400. The fourth-order valence-electron chi connectivity index (χ4n) is 4.84. The van der Waals surface area contributed by atoms with Crippen molar-refractivity contribution < 1.29 is 19.0 Å². The quantitative estimate of drug-likeness (QED) is 0.203. The third-order valence-corrected chi connectivity index (χ3v) is 6.72. The third kappa shape index (κ3) is 5.96. The van der Waals surface area contributed by atoms with Crippen molar-refractivity contribution in [1.82, 2.24) is 9.66 Å². The topological polar surface area (TPSA) is 92.0 Å². The molecule has 8 nitrogen and oxygen atoms in total. The summed E-state index contributed by atoms with van der Waals surface area (Å²) in [6.45, 7) is 7.50. The van der Waals surface area contributed by atoms with E-state index in [1.54, 1.807) is 38.3 Å². The number of rotatable bonds is 10. The van der Waals surface area contributed by atoms with Crippen molar-refractivity contribution in [3.05, 3.63) is 76.4 Å². The van der Waals surface area contributed by atoms with Crippen molar-refractivity contribution >= 4 is 23.1 Å². The van der Waals surface area contributed by atoms with E-state index in [2.05, 4.69) is 11.7 Å². The van der Waals surface area contributed by atoms with Crippen molar-refractivity contribution in [2.24, 2.45) is 5.10 Å². The van der Waals surface area contributed by atoms with E-state index in [1.165, 1.54) is 18.2 Å². The Morgan fingerprint density at radius 3 is 2.71 bits per heavy atom. The molecular weight excluding hydrogens is 482 g/mol. The number of methoxy groups -OCH3 is 1. The Balaban J connectivity index is 1.76. The second-order valence-corrected chi connectivity index (χ2v) is 9.40. The van der Waals surface area contributed by atoms with Gasteiger partial charge in [0, 0.05) is 11.5 Å². The molecule has 0 unspecified atom stereocenters. The molecule has 1 fully saturated rings. The molecule has 1 atom stereocenters. The normalized spacial score (nSPS) is 14.9. The molecule has 1 aliphatic carbocycles. The molecule has 1 aliphatic rings. The number of hydrogen-bond donors (Lipinski definition) is 0. The maximum absolute atomic E-state index is 13.5. The van der Waals surface area contributed by atoms with Crippen LogP contribution < -0.4 is 15.0 Å². The Kier molecular flexibility index (Phi) is 8.94. The van der Waals surface area contributed by atoms with Crippen LogP contribution in [0.2, 0.25) is 0 Å². The lowest BCUT2D eigenvalue weighted by molar-refractivity contribution is -0.150. The summed E-state index contributed by atoms with van der Waals surface area (Å²) in [6, 6.07) is 11.0. The molecule has 1 saturated carbocycles. The van der Waals surface area contributed by atoms with Crippen molar-refractivity contribution in [3.8, 4) is 11.5 Å². The van der Waals surface area contributed by atoms with E-state index in [4.69, 9.17) is 19.2 Å². The Hall–Kier alpha value is -3.94. The number of para-hydroxylation sites is 1. The van der Waals surface area contributed by atoms with Crippen LogP contribution >= 0.6 is 0 Å².